The highest BCUT2D eigenvalue weighted by Crippen LogP contribution is 2.13. The maximum Gasteiger partial charge on any atom is 0.253 e. The van der Waals surface area contributed by atoms with Crippen molar-refractivity contribution < 1.29 is 4.79 Å². The molecule has 1 aromatic carbocycles. The third kappa shape index (κ3) is 3.57. The fourth-order valence-electron chi connectivity index (χ4n) is 2.81. The number of carbonyl (C=O) groups excluding carboxylic acids is 1. The van der Waals surface area contributed by atoms with Crippen LogP contribution in [-0.4, -0.2) is 36.5 Å². The standard InChI is InChI=1S/C16H24N2O/c1-4-18(11-15-6-5-7-17-15)16(19)14-9-12(2)8-13(3)10-14/h8-10,15,17H,4-7,11H2,1-3H3. The van der Waals surface area contributed by atoms with Crippen molar-refractivity contribution in [2.75, 3.05) is 19.6 Å². The van der Waals surface area contributed by atoms with Gasteiger partial charge in [-0.05, 0) is 52.3 Å². The molecule has 1 unspecified atom stereocenters. The summed E-state index contributed by atoms with van der Waals surface area (Å²) in [6.07, 6.45) is 2.40. The first kappa shape index (κ1) is 14.1. The molecule has 0 saturated carbocycles. The average molecular weight is 260 g/mol. The molecule has 0 aliphatic carbocycles. The summed E-state index contributed by atoms with van der Waals surface area (Å²) in [5.41, 5.74) is 3.12. The predicted octanol–water partition coefficient (Wildman–Crippen LogP) is 2.52. The van der Waals surface area contributed by atoms with Gasteiger partial charge in [0.1, 0.15) is 0 Å². The third-order valence-corrected chi connectivity index (χ3v) is 3.74. The molecule has 1 heterocycles. The van der Waals surface area contributed by atoms with Crippen LogP contribution < -0.4 is 5.32 Å². The molecule has 1 saturated heterocycles. The molecule has 0 spiro atoms. The van der Waals surface area contributed by atoms with Gasteiger partial charge in [0.25, 0.3) is 5.91 Å². The molecule has 0 radical (unpaired) electrons. The van der Waals surface area contributed by atoms with Gasteiger partial charge in [0.15, 0.2) is 0 Å². The van der Waals surface area contributed by atoms with Crippen LogP contribution in [0.25, 0.3) is 0 Å². The monoisotopic (exact) mass is 260 g/mol. The van der Waals surface area contributed by atoms with E-state index in [1.807, 2.05) is 30.9 Å². The van der Waals surface area contributed by atoms with E-state index in [0.717, 1.165) is 36.3 Å². The second-order valence-electron chi connectivity index (χ2n) is 5.51. The summed E-state index contributed by atoms with van der Waals surface area (Å²) in [7, 11) is 0. The molecule has 1 N–H and O–H groups in total. The van der Waals surface area contributed by atoms with E-state index in [4.69, 9.17) is 0 Å². The molecule has 3 heteroatoms. The summed E-state index contributed by atoms with van der Waals surface area (Å²) < 4.78 is 0. The van der Waals surface area contributed by atoms with Gasteiger partial charge in [-0.25, -0.2) is 0 Å². The smallest absolute Gasteiger partial charge is 0.253 e. The van der Waals surface area contributed by atoms with Crippen molar-refractivity contribution in [3.8, 4) is 0 Å². The highest BCUT2D eigenvalue weighted by atomic mass is 16.2. The van der Waals surface area contributed by atoms with Crippen molar-refractivity contribution in [2.45, 2.75) is 39.7 Å². The molecule has 19 heavy (non-hydrogen) atoms. The van der Waals surface area contributed by atoms with Crippen LogP contribution >= 0.6 is 0 Å². The lowest BCUT2D eigenvalue weighted by Crippen LogP contribution is -2.41. The Morgan fingerprint density at radius 3 is 2.53 bits per heavy atom. The first-order valence-corrected chi connectivity index (χ1v) is 7.21. The minimum atomic E-state index is 0.156. The van der Waals surface area contributed by atoms with Crippen molar-refractivity contribution in [3.05, 3.63) is 34.9 Å². The quantitative estimate of drug-likeness (QED) is 0.902. The minimum Gasteiger partial charge on any atom is -0.337 e. The van der Waals surface area contributed by atoms with Crippen LogP contribution in [0.5, 0.6) is 0 Å². The summed E-state index contributed by atoms with van der Waals surface area (Å²) in [6, 6.07) is 6.54. The van der Waals surface area contributed by atoms with Crippen molar-refractivity contribution in [1.82, 2.24) is 10.2 Å². The third-order valence-electron chi connectivity index (χ3n) is 3.74. The molecule has 1 fully saturated rings. The van der Waals surface area contributed by atoms with Gasteiger partial charge in [0, 0.05) is 24.7 Å². The molecular formula is C16H24N2O. The molecule has 1 aliphatic heterocycles. The predicted molar refractivity (Wildman–Crippen MR) is 78.5 cm³/mol. The number of nitrogens with one attached hydrogen (secondary N) is 1. The topological polar surface area (TPSA) is 32.3 Å². The van der Waals surface area contributed by atoms with Crippen LogP contribution in [-0.2, 0) is 0 Å². The SMILES string of the molecule is CCN(CC1CCCN1)C(=O)c1cc(C)cc(C)c1. The number of benzene rings is 1. The maximum atomic E-state index is 12.6. The number of likely N-dealkylation sites (N-methyl/N-ethyl adjacent to an activating group) is 1. The first-order chi connectivity index (χ1) is 9.10. The van der Waals surface area contributed by atoms with E-state index in [-0.39, 0.29) is 5.91 Å². The van der Waals surface area contributed by atoms with Crippen molar-refractivity contribution >= 4 is 5.91 Å². The number of hydrogen-bond donors (Lipinski definition) is 1. The largest absolute Gasteiger partial charge is 0.337 e. The van der Waals surface area contributed by atoms with Crippen molar-refractivity contribution in [3.63, 3.8) is 0 Å². The summed E-state index contributed by atoms with van der Waals surface area (Å²) in [6.45, 7) is 8.80. The van der Waals surface area contributed by atoms with Gasteiger partial charge in [-0.2, -0.15) is 0 Å². The van der Waals surface area contributed by atoms with Gasteiger partial charge in [0.05, 0.1) is 0 Å². The molecule has 1 aromatic rings. The minimum absolute atomic E-state index is 0.156. The summed E-state index contributed by atoms with van der Waals surface area (Å²) in [5, 5.41) is 3.46. The zero-order valence-corrected chi connectivity index (χ0v) is 12.2. The van der Waals surface area contributed by atoms with E-state index in [0.29, 0.717) is 6.04 Å². The summed E-state index contributed by atoms with van der Waals surface area (Å²) in [5.74, 6) is 0.156. The highest BCUT2D eigenvalue weighted by Gasteiger charge is 2.21. The molecule has 104 valence electrons. The van der Waals surface area contributed by atoms with E-state index in [9.17, 15) is 4.79 Å². The van der Waals surface area contributed by atoms with E-state index in [2.05, 4.69) is 18.3 Å². The van der Waals surface area contributed by atoms with Crippen molar-refractivity contribution in [2.24, 2.45) is 0 Å². The van der Waals surface area contributed by atoms with Crippen LogP contribution in [0.2, 0.25) is 0 Å². The Hall–Kier alpha value is -1.35. The molecule has 0 aromatic heterocycles. The average Bonchev–Trinajstić information content (AvgIpc) is 2.86. The number of nitrogens with zero attached hydrogens (tertiary/aromatic N) is 1. The van der Waals surface area contributed by atoms with E-state index in [1.165, 1.54) is 12.8 Å². The Labute approximate surface area is 116 Å². The van der Waals surface area contributed by atoms with Crippen LogP contribution in [0.1, 0.15) is 41.3 Å². The van der Waals surface area contributed by atoms with Gasteiger partial charge in [0.2, 0.25) is 0 Å². The normalized spacial score (nSPS) is 18.6. The Balaban J connectivity index is 2.10. The Morgan fingerprint density at radius 2 is 2.00 bits per heavy atom. The molecule has 3 nitrogen and oxygen atoms in total. The van der Waals surface area contributed by atoms with Crippen LogP contribution in [0, 0.1) is 13.8 Å². The van der Waals surface area contributed by atoms with Crippen molar-refractivity contribution in [1.29, 1.82) is 0 Å². The van der Waals surface area contributed by atoms with E-state index >= 15 is 0 Å². The number of hydrogen-bond acceptors (Lipinski definition) is 2. The molecule has 0 bridgehead atoms. The number of aryl methyl sites for hydroxylation is 2. The summed E-state index contributed by atoms with van der Waals surface area (Å²) in [4.78, 5) is 14.5. The number of carbonyl (C=O) groups is 1. The second-order valence-corrected chi connectivity index (χ2v) is 5.51. The Bertz CT molecular complexity index is 430. The number of rotatable bonds is 4. The van der Waals surface area contributed by atoms with E-state index in [1.54, 1.807) is 0 Å². The van der Waals surface area contributed by atoms with Gasteiger partial charge in [-0.15, -0.1) is 0 Å². The molecule has 1 aliphatic rings. The Morgan fingerprint density at radius 1 is 1.32 bits per heavy atom. The van der Waals surface area contributed by atoms with Gasteiger partial charge in [-0.1, -0.05) is 17.2 Å². The fourth-order valence-corrected chi connectivity index (χ4v) is 2.81. The fraction of sp³-hybridized carbons (Fsp3) is 0.562. The zero-order chi connectivity index (χ0) is 13.8. The highest BCUT2D eigenvalue weighted by molar-refractivity contribution is 5.94. The van der Waals surface area contributed by atoms with Crippen LogP contribution in [0.15, 0.2) is 18.2 Å². The van der Waals surface area contributed by atoms with Gasteiger partial charge < -0.3 is 10.2 Å². The first-order valence-electron chi connectivity index (χ1n) is 7.21. The van der Waals surface area contributed by atoms with Crippen LogP contribution in [0.4, 0.5) is 0 Å². The molecule has 1 atom stereocenters. The zero-order valence-electron chi connectivity index (χ0n) is 12.2. The Kier molecular flexibility index (Phi) is 4.59. The van der Waals surface area contributed by atoms with Crippen LogP contribution in [0.3, 0.4) is 0 Å². The van der Waals surface area contributed by atoms with E-state index < -0.39 is 0 Å². The molecular weight excluding hydrogens is 236 g/mol. The van der Waals surface area contributed by atoms with Gasteiger partial charge >= 0.3 is 0 Å². The lowest BCUT2D eigenvalue weighted by molar-refractivity contribution is 0.0751. The number of amides is 1. The lowest BCUT2D eigenvalue weighted by atomic mass is 10.1. The van der Waals surface area contributed by atoms with Gasteiger partial charge in [-0.3, -0.25) is 4.79 Å². The summed E-state index contributed by atoms with van der Waals surface area (Å²) >= 11 is 0. The molecule has 2 rings (SSSR count). The second kappa shape index (κ2) is 6.20. The maximum absolute atomic E-state index is 12.6. The lowest BCUT2D eigenvalue weighted by Gasteiger charge is -2.25. The molecule has 1 amide bonds.